The molecule has 4 aromatic heterocycles. The Balaban J connectivity index is 0.000000143. The van der Waals surface area contributed by atoms with Crippen LogP contribution < -0.4 is 0 Å². The second kappa shape index (κ2) is 28.6. The van der Waals surface area contributed by atoms with Crippen molar-refractivity contribution in [2.24, 2.45) is 0 Å². The van der Waals surface area contributed by atoms with Crippen molar-refractivity contribution in [3.05, 3.63) is 413 Å². The Hall–Kier alpha value is -15.4. The van der Waals surface area contributed by atoms with Crippen LogP contribution in [0.2, 0.25) is 0 Å². The zero-order valence-corrected chi connectivity index (χ0v) is 61.8. The molecule has 0 radical (unpaired) electrons. The van der Waals surface area contributed by atoms with Crippen LogP contribution in [0.15, 0.2) is 413 Å². The first-order valence-electron chi connectivity index (χ1n) is 38.5. The van der Waals surface area contributed by atoms with Crippen molar-refractivity contribution in [2.45, 2.75) is 0 Å². The van der Waals surface area contributed by atoms with Gasteiger partial charge >= 0.3 is 0 Å². The van der Waals surface area contributed by atoms with Gasteiger partial charge < -0.3 is 9.13 Å². The van der Waals surface area contributed by atoms with Gasteiger partial charge in [0.15, 0.2) is 34.9 Å². The number of aromatic nitrogens is 8. The van der Waals surface area contributed by atoms with E-state index in [0.717, 1.165) is 55.8 Å². The zero-order chi connectivity index (χ0) is 75.4. The highest BCUT2D eigenvalue weighted by Gasteiger charge is 2.22. The minimum absolute atomic E-state index is 0.638. The van der Waals surface area contributed by atoms with Gasteiger partial charge in [0.2, 0.25) is 0 Å². The highest BCUT2D eigenvalue weighted by atomic mass is 15.0. The highest BCUT2D eigenvalue weighted by Crippen LogP contribution is 2.44. The largest absolute Gasteiger partial charge is 0.309 e. The number of fused-ring (bicyclic) bond motifs is 12. The summed E-state index contributed by atoms with van der Waals surface area (Å²) >= 11 is 0. The van der Waals surface area contributed by atoms with E-state index >= 15 is 0 Å². The van der Waals surface area contributed by atoms with Gasteiger partial charge in [-0.1, -0.05) is 315 Å². The Morgan fingerprint density at radius 1 is 0.149 bits per heavy atom. The number of para-hydroxylation sites is 2. The Kier molecular flexibility index (Phi) is 16.7. The van der Waals surface area contributed by atoms with Crippen LogP contribution in [0.4, 0.5) is 0 Å². The molecule has 0 amide bonds. The molecule has 4 heterocycles. The number of hydrogen-bond acceptors (Lipinski definition) is 6. The lowest BCUT2D eigenvalue weighted by molar-refractivity contribution is 1.07. The van der Waals surface area contributed by atoms with Gasteiger partial charge in [-0.15, -0.1) is 0 Å². The van der Waals surface area contributed by atoms with Gasteiger partial charge in [-0.25, -0.2) is 29.9 Å². The van der Waals surface area contributed by atoms with E-state index in [0.29, 0.717) is 34.9 Å². The molecule has 8 heteroatoms. The average Bonchev–Trinajstić information content (AvgIpc) is 1.37. The summed E-state index contributed by atoms with van der Waals surface area (Å²) in [4.78, 5) is 29.6. The molecule has 114 heavy (non-hydrogen) atoms. The molecule has 0 aliphatic heterocycles. The van der Waals surface area contributed by atoms with E-state index < -0.39 is 0 Å². The monoisotopic (exact) mass is 1450 g/mol. The third-order valence-electron chi connectivity index (χ3n) is 22.1. The van der Waals surface area contributed by atoms with Crippen LogP contribution >= 0.6 is 0 Å². The molecule has 0 unspecified atom stereocenters. The summed E-state index contributed by atoms with van der Waals surface area (Å²) < 4.78 is 4.75. The van der Waals surface area contributed by atoms with E-state index in [4.69, 9.17) is 29.9 Å². The summed E-state index contributed by atoms with van der Waals surface area (Å²) in [5.41, 5.74) is 22.3. The van der Waals surface area contributed by atoms with Gasteiger partial charge in [0.1, 0.15) is 0 Å². The molecule has 0 aliphatic carbocycles. The number of nitrogens with zero attached hydrogens (tertiary/aromatic N) is 8. The fourth-order valence-corrected chi connectivity index (χ4v) is 16.5. The molecule has 0 N–H and O–H groups in total. The van der Waals surface area contributed by atoms with Crippen LogP contribution in [-0.2, 0) is 0 Å². The topological polar surface area (TPSA) is 87.2 Å². The van der Waals surface area contributed by atoms with E-state index in [1.807, 2.05) is 121 Å². The SMILES string of the molecule is c1ccc(-c2ccc3ccc(-c4ccc5c(ccc6c5c5ccccc5n6-c5ccc(-c6nc(-c7ccccc7)nc(-c7ccccc7)n6)cc5)c4)cc3c2)cc1.c1ccc(-c2nc(-c3ccccc3)nc(-c3ccc(-n4c5ccccc5c5c6cc(-c7ccc(-c8ccccc8)c8ccccc78)ccc6ccc54)cc3)n2)cc1. The smallest absolute Gasteiger partial charge is 0.164 e. The minimum Gasteiger partial charge on any atom is -0.309 e. The maximum absolute atomic E-state index is 4.97. The average molecular weight is 1450 g/mol. The minimum atomic E-state index is 0.638. The van der Waals surface area contributed by atoms with E-state index in [2.05, 4.69) is 300 Å². The number of rotatable bonds is 12. The maximum Gasteiger partial charge on any atom is 0.164 e. The molecule has 0 bridgehead atoms. The molecule has 18 aromatic carbocycles. The van der Waals surface area contributed by atoms with Crippen LogP contribution in [0.3, 0.4) is 0 Å². The van der Waals surface area contributed by atoms with Crippen molar-refractivity contribution in [2.75, 3.05) is 0 Å². The fourth-order valence-electron chi connectivity index (χ4n) is 16.5. The summed E-state index contributed by atoms with van der Waals surface area (Å²) in [5, 5.41) is 14.8. The summed E-state index contributed by atoms with van der Waals surface area (Å²) in [7, 11) is 0. The Morgan fingerprint density at radius 2 is 0.447 bits per heavy atom. The van der Waals surface area contributed by atoms with Gasteiger partial charge in [0.25, 0.3) is 0 Å². The van der Waals surface area contributed by atoms with Crippen LogP contribution in [0.25, 0.3) is 211 Å². The summed E-state index contributed by atoms with van der Waals surface area (Å²) in [6, 6.07) is 146. The Morgan fingerprint density at radius 3 is 0.886 bits per heavy atom. The quantitative estimate of drug-likeness (QED) is 0.121. The van der Waals surface area contributed by atoms with E-state index in [1.54, 1.807) is 0 Å². The first-order valence-corrected chi connectivity index (χ1v) is 38.5. The standard InChI is InChI=1S/2C53H34N4/c1-4-14-35(15-5-1)42-31-32-43(45-21-11-10-20-44(42)45)40-25-24-36-28-33-49-50(47(36)34-40)46-22-12-13-23-48(46)57(49)41-29-26-39(27-30-41)53-55-51(37-16-6-2-7-17-37)54-52(56-53)38-18-8-3-9-19-38;1-4-12-35(13-5-1)40-22-20-36-21-23-41(34-44(36)33-40)42-26-30-46-43(32-42)27-31-49-50(46)47-18-10-11-19-48(47)57(49)45-28-24-39(25-29-45)53-55-51(37-14-6-2-7-15-37)54-52(56-53)38-16-8-3-9-17-38/h2*1-34H. The normalized spacial score (nSPS) is 11.5. The second-order valence-corrected chi connectivity index (χ2v) is 28.9. The molecule has 22 rings (SSSR count). The summed E-state index contributed by atoms with van der Waals surface area (Å²) in [6.07, 6.45) is 0. The van der Waals surface area contributed by atoms with Crippen molar-refractivity contribution in [3.63, 3.8) is 0 Å². The first kappa shape index (κ1) is 66.8. The molecule has 8 nitrogen and oxygen atoms in total. The molecule has 0 aliphatic rings. The highest BCUT2D eigenvalue weighted by molar-refractivity contribution is 6.23. The van der Waals surface area contributed by atoms with Crippen molar-refractivity contribution in [3.8, 4) is 124 Å². The Labute approximate surface area is 658 Å². The molecule has 0 atom stereocenters. The molecular weight excluding hydrogens is 1390 g/mol. The lowest BCUT2D eigenvalue weighted by Crippen LogP contribution is -2.00. The molecule has 0 saturated carbocycles. The fraction of sp³-hybridized carbons (Fsp3) is 0. The van der Waals surface area contributed by atoms with Crippen LogP contribution in [0.1, 0.15) is 0 Å². The third-order valence-corrected chi connectivity index (χ3v) is 22.1. The number of benzene rings is 18. The van der Waals surface area contributed by atoms with Crippen LogP contribution in [-0.4, -0.2) is 39.0 Å². The summed E-state index contributed by atoms with van der Waals surface area (Å²) in [5.74, 6) is 3.88. The van der Waals surface area contributed by atoms with E-state index in [-0.39, 0.29) is 0 Å². The van der Waals surface area contributed by atoms with Gasteiger partial charge in [-0.3, -0.25) is 0 Å². The van der Waals surface area contributed by atoms with Crippen LogP contribution in [0.5, 0.6) is 0 Å². The van der Waals surface area contributed by atoms with Gasteiger partial charge in [-0.2, -0.15) is 0 Å². The van der Waals surface area contributed by atoms with Crippen molar-refractivity contribution < 1.29 is 0 Å². The molecule has 22 aromatic rings. The second-order valence-electron chi connectivity index (χ2n) is 28.9. The predicted octanol–water partition coefficient (Wildman–Crippen LogP) is 27.2. The van der Waals surface area contributed by atoms with Crippen molar-refractivity contribution in [1.82, 2.24) is 39.0 Å². The third kappa shape index (κ3) is 12.2. The maximum atomic E-state index is 4.97. The Bertz CT molecular complexity index is 7300. The predicted molar refractivity (Wildman–Crippen MR) is 473 cm³/mol. The van der Waals surface area contributed by atoms with Crippen molar-refractivity contribution >= 4 is 86.7 Å². The summed E-state index contributed by atoms with van der Waals surface area (Å²) in [6.45, 7) is 0. The molecule has 0 saturated heterocycles. The zero-order valence-electron chi connectivity index (χ0n) is 61.8. The van der Waals surface area contributed by atoms with E-state index in [9.17, 15) is 0 Å². The van der Waals surface area contributed by atoms with Gasteiger partial charge in [0, 0.05) is 66.3 Å². The molecule has 0 spiro atoms. The van der Waals surface area contributed by atoms with Crippen molar-refractivity contribution in [1.29, 1.82) is 0 Å². The van der Waals surface area contributed by atoms with Gasteiger partial charge in [0.05, 0.1) is 22.1 Å². The van der Waals surface area contributed by atoms with Gasteiger partial charge in [-0.05, 0) is 185 Å². The molecular formula is C106H68N8. The number of hydrogen-bond donors (Lipinski definition) is 0. The molecule has 532 valence electrons. The lowest BCUT2D eigenvalue weighted by Gasteiger charge is -2.13. The van der Waals surface area contributed by atoms with Crippen LogP contribution in [0, 0.1) is 0 Å². The first-order chi connectivity index (χ1) is 56.5. The lowest BCUT2D eigenvalue weighted by atomic mass is 9.91. The van der Waals surface area contributed by atoms with E-state index in [1.165, 1.54) is 120 Å². The molecule has 0 fully saturated rings.